The second-order valence-electron chi connectivity index (χ2n) is 4.10. The highest BCUT2D eigenvalue weighted by atomic mass is 35.5. The average Bonchev–Trinajstić information content (AvgIpc) is 2.72. The van der Waals surface area contributed by atoms with Gasteiger partial charge >= 0.3 is 5.97 Å². The van der Waals surface area contributed by atoms with E-state index >= 15 is 0 Å². The second kappa shape index (κ2) is 5.73. The Morgan fingerprint density at radius 3 is 2.50 bits per heavy atom. The van der Waals surface area contributed by atoms with Crippen LogP contribution in [0, 0.1) is 0 Å². The maximum absolute atomic E-state index is 11.7. The molecule has 0 aliphatic carbocycles. The number of hydrogen-bond acceptors (Lipinski definition) is 3. The van der Waals surface area contributed by atoms with E-state index in [1.54, 1.807) is 11.9 Å². The molecule has 1 aromatic rings. The lowest BCUT2D eigenvalue weighted by atomic mass is 10.1. The number of hydrogen-bond donors (Lipinski definition) is 2. The number of rotatable bonds is 3. The van der Waals surface area contributed by atoms with Gasteiger partial charge in [-0.15, -0.1) is 12.4 Å². The van der Waals surface area contributed by atoms with Crippen LogP contribution >= 0.6 is 12.4 Å². The first-order valence-corrected chi connectivity index (χ1v) is 5.40. The molecule has 1 aromatic carbocycles. The standard InChI is InChI=1S/C12H14N2O3.ClH/c1-14(8-5-3-2-4-6-8)10-7-9(12(16)17)13-11(10)15;/h2-6,9-10H,7H2,1H3,(H,13,15)(H,16,17);1H/t9-,10+;/m0./s1. The highest BCUT2D eigenvalue weighted by Crippen LogP contribution is 2.20. The van der Waals surface area contributed by atoms with Gasteiger partial charge < -0.3 is 15.3 Å². The van der Waals surface area contributed by atoms with Gasteiger partial charge in [-0.05, 0) is 12.1 Å². The number of nitrogens with one attached hydrogen (secondary N) is 1. The van der Waals surface area contributed by atoms with Crippen molar-refractivity contribution in [2.75, 3.05) is 11.9 Å². The molecule has 0 radical (unpaired) electrons. The van der Waals surface area contributed by atoms with Crippen LogP contribution in [-0.4, -0.2) is 36.1 Å². The van der Waals surface area contributed by atoms with Gasteiger partial charge in [-0.1, -0.05) is 18.2 Å². The van der Waals surface area contributed by atoms with Gasteiger partial charge in [0.25, 0.3) is 0 Å². The molecule has 1 fully saturated rings. The Balaban J connectivity index is 0.00000162. The first-order valence-electron chi connectivity index (χ1n) is 5.40. The number of amides is 1. The van der Waals surface area contributed by atoms with Gasteiger partial charge in [0.15, 0.2) is 0 Å². The highest BCUT2D eigenvalue weighted by Gasteiger charge is 2.38. The van der Waals surface area contributed by atoms with E-state index in [1.807, 2.05) is 30.3 Å². The minimum Gasteiger partial charge on any atom is -0.480 e. The summed E-state index contributed by atoms with van der Waals surface area (Å²) in [6.07, 6.45) is 0.291. The third-order valence-corrected chi connectivity index (χ3v) is 3.01. The van der Waals surface area contributed by atoms with Crippen LogP contribution in [0.5, 0.6) is 0 Å². The van der Waals surface area contributed by atoms with E-state index < -0.39 is 18.1 Å². The molecule has 0 spiro atoms. The Bertz CT molecular complexity index is 438. The van der Waals surface area contributed by atoms with Crippen molar-refractivity contribution < 1.29 is 14.7 Å². The van der Waals surface area contributed by atoms with Crippen molar-refractivity contribution in [1.82, 2.24) is 5.32 Å². The Labute approximate surface area is 111 Å². The van der Waals surface area contributed by atoms with Crippen molar-refractivity contribution in [1.29, 1.82) is 0 Å². The number of carbonyl (C=O) groups is 2. The predicted molar refractivity (Wildman–Crippen MR) is 70.1 cm³/mol. The van der Waals surface area contributed by atoms with Crippen LogP contribution < -0.4 is 10.2 Å². The normalized spacial score (nSPS) is 21.9. The highest BCUT2D eigenvalue weighted by molar-refractivity contribution is 5.93. The molecule has 2 N–H and O–H groups in total. The van der Waals surface area contributed by atoms with Gasteiger partial charge in [0, 0.05) is 19.2 Å². The van der Waals surface area contributed by atoms with Crippen molar-refractivity contribution >= 4 is 30.0 Å². The quantitative estimate of drug-likeness (QED) is 0.856. The SMILES string of the molecule is CN(c1ccccc1)[C@@H]1C[C@@H](C(=O)O)NC1=O.Cl. The molecular weight excluding hydrogens is 256 g/mol. The molecule has 0 unspecified atom stereocenters. The summed E-state index contributed by atoms with van der Waals surface area (Å²) in [7, 11) is 1.80. The van der Waals surface area contributed by atoms with Crippen molar-refractivity contribution in [3.05, 3.63) is 30.3 Å². The van der Waals surface area contributed by atoms with Crippen LogP contribution in [0.1, 0.15) is 6.42 Å². The zero-order valence-corrected chi connectivity index (χ0v) is 10.7. The first kappa shape index (κ1) is 14.3. The summed E-state index contributed by atoms with van der Waals surface area (Å²) in [5, 5.41) is 11.3. The van der Waals surface area contributed by atoms with Gasteiger partial charge in [-0.25, -0.2) is 4.79 Å². The van der Waals surface area contributed by atoms with E-state index in [1.165, 1.54) is 0 Å². The number of anilines is 1. The molecule has 0 bridgehead atoms. The number of para-hydroxylation sites is 1. The van der Waals surface area contributed by atoms with Crippen LogP contribution in [0.4, 0.5) is 5.69 Å². The average molecular weight is 271 g/mol. The lowest BCUT2D eigenvalue weighted by molar-refractivity contribution is -0.140. The number of carboxylic acids is 1. The predicted octanol–water partition coefficient (Wildman–Crippen LogP) is 0.886. The number of carboxylic acid groups (broad SMARTS) is 1. The van der Waals surface area contributed by atoms with Gasteiger partial charge in [0.2, 0.25) is 5.91 Å². The lowest BCUT2D eigenvalue weighted by Gasteiger charge is -2.24. The molecule has 1 aliphatic heterocycles. The van der Waals surface area contributed by atoms with Crippen molar-refractivity contribution in [2.24, 2.45) is 0 Å². The third-order valence-electron chi connectivity index (χ3n) is 3.01. The van der Waals surface area contributed by atoms with E-state index in [9.17, 15) is 9.59 Å². The van der Waals surface area contributed by atoms with Crippen LogP contribution in [0.15, 0.2) is 30.3 Å². The van der Waals surface area contributed by atoms with E-state index in [0.29, 0.717) is 6.42 Å². The summed E-state index contributed by atoms with van der Waals surface area (Å²) in [6, 6.07) is 8.24. The largest absolute Gasteiger partial charge is 0.480 e. The van der Waals surface area contributed by atoms with E-state index in [4.69, 9.17) is 5.11 Å². The summed E-state index contributed by atoms with van der Waals surface area (Å²) in [6.45, 7) is 0. The maximum Gasteiger partial charge on any atom is 0.326 e. The molecule has 0 aromatic heterocycles. The van der Waals surface area contributed by atoms with E-state index in [-0.39, 0.29) is 18.3 Å². The molecule has 1 saturated heterocycles. The van der Waals surface area contributed by atoms with Crippen LogP contribution in [0.2, 0.25) is 0 Å². The van der Waals surface area contributed by atoms with Gasteiger partial charge in [0.05, 0.1) is 0 Å². The summed E-state index contributed by atoms with van der Waals surface area (Å²) < 4.78 is 0. The van der Waals surface area contributed by atoms with Crippen molar-refractivity contribution in [3.8, 4) is 0 Å². The minimum atomic E-state index is -0.984. The van der Waals surface area contributed by atoms with Crippen molar-refractivity contribution in [2.45, 2.75) is 18.5 Å². The van der Waals surface area contributed by atoms with Crippen LogP contribution in [0.3, 0.4) is 0 Å². The third kappa shape index (κ3) is 2.73. The van der Waals surface area contributed by atoms with Gasteiger partial charge in [-0.2, -0.15) is 0 Å². The molecule has 98 valence electrons. The molecular formula is C12H15ClN2O3. The Hall–Kier alpha value is -1.75. The van der Waals surface area contributed by atoms with Crippen molar-refractivity contribution in [3.63, 3.8) is 0 Å². The zero-order valence-electron chi connectivity index (χ0n) is 9.87. The van der Waals surface area contributed by atoms with E-state index in [0.717, 1.165) is 5.69 Å². The number of carbonyl (C=O) groups excluding carboxylic acids is 1. The number of nitrogens with zero attached hydrogens (tertiary/aromatic N) is 1. The van der Waals surface area contributed by atoms with Crippen LogP contribution in [-0.2, 0) is 9.59 Å². The lowest BCUT2D eigenvalue weighted by Crippen LogP contribution is -2.38. The van der Waals surface area contributed by atoms with E-state index in [2.05, 4.69) is 5.32 Å². The summed E-state index contributed by atoms with van der Waals surface area (Å²) >= 11 is 0. The maximum atomic E-state index is 11.7. The van der Waals surface area contributed by atoms with Gasteiger partial charge in [-0.3, -0.25) is 4.79 Å². The Kier molecular flexibility index (Phi) is 4.55. The molecule has 2 atom stereocenters. The number of likely N-dealkylation sites (N-methyl/N-ethyl adjacent to an activating group) is 1. The Morgan fingerprint density at radius 2 is 2.00 bits per heavy atom. The Morgan fingerprint density at radius 1 is 1.39 bits per heavy atom. The minimum absolute atomic E-state index is 0. The summed E-state index contributed by atoms with van der Waals surface area (Å²) in [5.74, 6) is -1.22. The number of benzene rings is 1. The zero-order chi connectivity index (χ0) is 12.4. The second-order valence-corrected chi connectivity index (χ2v) is 4.10. The molecule has 1 amide bonds. The number of aliphatic carboxylic acids is 1. The molecule has 2 rings (SSSR count). The summed E-state index contributed by atoms with van der Waals surface area (Å²) in [5.41, 5.74) is 0.902. The molecule has 18 heavy (non-hydrogen) atoms. The molecule has 6 heteroatoms. The summed E-state index contributed by atoms with van der Waals surface area (Å²) in [4.78, 5) is 24.3. The smallest absolute Gasteiger partial charge is 0.326 e. The topological polar surface area (TPSA) is 69.6 Å². The first-order chi connectivity index (χ1) is 8.09. The monoisotopic (exact) mass is 270 g/mol. The van der Waals surface area contributed by atoms with Gasteiger partial charge in [0.1, 0.15) is 12.1 Å². The fourth-order valence-corrected chi connectivity index (χ4v) is 2.00. The number of halogens is 1. The fraction of sp³-hybridized carbons (Fsp3) is 0.333. The molecule has 1 aliphatic rings. The molecule has 5 nitrogen and oxygen atoms in total. The van der Waals surface area contributed by atoms with Crippen LogP contribution in [0.25, 0.3) is 0 Å². The fourth-order valence-electron chi connectivity index (χ4n) is 2.00. The molecule has 0 saturated carbocycles. The molecule has 1 heterocycles.